The standard InChI is InChI=1S/C23H19N3O2S3/c1-3-26-20-15(28-4-2)9-7-11-17(20)31-23(26)25-21(27)18-12-13-19(29-18)22-24-14-8-5-6-10-16(14)30-22/h5-13H,3-4H2,1-2H3. The van der Waals surface area contributed by atoms with E-state index < -0.39 is 0 Å². The second-order valence-corrected chi connectivity index (χ2v) is 9.86. The van der Waals surface area contributed by atoms with Crippen LogP contribution in [-0.2, 0) is 6.54 Å². The van der Waals surface area contributed by atoms with Crippen LogP contribution in [0.25, 0.3) is 30.3 Å². The number of hydrogen-bond donors (Lipinski definition) is 0. The summed E-state index contributed by atoms with van der Waals surface area (Å²) >= 11 is 4.58. The molecule has 0 radical (unpaired) electrons. The SMILES string of the molecule is CCOc1cccc2sc(=NC(=O)c3ccc(-c4nc5ccccc5s4)s3)n(CC)c12. The number of ether oxygens (including phenoxy) is 1. The number of nitrogens with zero attached hydrogens (tertiary/aromatic N) is 3. The quantitative estimate of drug-likeness (QED) is 0.310. The number of para-hydroxylation sites is 2. The Morgan fingerprint density at radius 1 is 1.00 bits per heavy atom. The van der Waals surface area contributed by atoms with Gasteiger partial charge in [-0.25, -0.2) is 4.98 Å². The fourth-order valence-electron chi connectivity index (χ4n) is 3.44. The summed E-state index contributed by atoms with van der Waals surface area (Å²) in [6, 6.07) is 17.8. The zero-order valence-corrected chi connectivity index (χ0v) is 19.4. The average Bonchev–Trinajstić information content (AvgIpc) is 3.50. The van der Waals surface area contributed by atoms with E-state index in [1.54, 1.807) is 11.3 Å². The molecule has 0 atom stereocenters. The Morgan fingerprint density at radius 3 is 2.65 bits per heavy atom. The van der Waals surface area contributed by atoms with Crippen LogP contribution in [0, 0.1) is 0 Å². The van der Waals surface area contributed by atoms with Crippen molar-refractivity contribution in [3.05, 3.63) is 64.3 Å². The van der Waals surface area contributed by atoms with E-state index in [9.17, 15) is 4.79 Å². The molecule has 5 nitrogen and oxygen atoms in total. The van der Waals surface area contributed by atoms with E-state index >= 15 is 0 Å². The van der Waals surface area contributed by atoms with Crippen LogP contribution in [0.5, 0.6) is 5.75 Å². The fourth-order valence-corrected chi connectivity index (χ4v) is 6.46. The first-order chi connectivity index (χ1) is 15.2. The number of thiazole rings is 2. The number of aromatic nitrogens is 2. The van der Waals surface area contributed by atoms with Gasteiger partial charge in [0.05, 0.1) is 31.3 Å². The lowest BCUT2D eigenvalue weighted by Gasteiger charge is -2.07. The Hall–Kier alpha value is -2.81. The molecule has 0 saturated carbocycles. The molecule has 0 spiro atoms. The van der Waals surface area contributed by atoms with Crippen molar-refractivity contribution < 1.29 is 9.53 Å². The van der Waals surface area contributed by atoms with Gasteiger partial charge in [-0.3, -0.25) is 4.79 Å². The van der Waals surface area contributed by atoms with Crippen molar-refractivity contribution in [2.45, 2.75) is 20.4 Å². The van der Waals surface area contributed by atoms with Crippen molar-refractivity contribution in [1.82, 2.24) is 9.55 Å². The third kappa shape index (κ3) is 3.71. The fraction of sp³-hybridized carbons (Fsp3) is 0.174. The zero-order valence-electron chi connectivity index (χ0n) is 17.0. The van der Waals surface area contributed by atoms with E-state index in [4.69, 9.17) is 9.72 Å². The normalized spacial score (nSPS) is 12.1. The van der Waals surface area contributed by atoms with Crippen molar-refractivity contribution in [1.29, 1.82) is 0 Å². The van der Waals surface area contributed by atoms with Gasteiger partial charge < -0.3 is 9.30 Å². The van der Waals surface area contributed by atoms with Gasteiger partial charge in [0.2, 0.25) is 0 Å². The first-order valence-electron chi connectivity index (χ1n) is 9.98. The largest absolute Gasteiger partial charge is 0.492 e. The molecular weight excluding hydrogens is 446 g/mol. The number of rotatable bonds is 5. The Morgan fingerprint density at radius 2 is 1.84 bits per heavy atom. The molecule has 3 heterocycles. The van der Waals surface area contributed by atoms with E-state index in [0.29, 0.717) is 22.8 Å². The van der Waals surface area contributed by atoms with Crippen molar-refractivity contribution in [2.24, 2.45) is 4.99 Å². The number of carbonyl (C=O) groups is 1. The molecule has 0 N–H and O–H groups in total. The van der Waals surface area contributed by atoms with Crippen LogP contribution < -0.4 is 9.54 Å². The Bertz CT molecular complexity index is 1440. The van der Waals surface area contributed by atoms with Crippen LogP contribution in [-0.4, -0.2) is 22.1 Å². The lowest BCUT2D eigenvalue weighted by Crippen LogP contribution is -2.16. The summed E-state index contributed by atoms with van der Waals surface area (Å²) in [5.74, 6) is 0.588. The molecule has 0 bridgehead atoms. The average molecular weight is 466 g/mol. The van der Waals surface area contributed by atoms with E-state index in [0.717, 1.165) is 36.1 Å². The van der Waals surface area contributed by atoms with Crippen molar-refractivity contribution in [3.8, 4) is 15.6 Å². The lowest BCUT2D eigenvalue weighted by molar-refractivity contribution is 0.100. The van der Waals surface area contributed by atoms with Gasteiger partial charge in [0, 0.05) is 6.54 Å². The van der Waals surface area contributed by atoms with E-state index in [2.05, 4.69) is 18.0 Å². The molecule has 0 fully saturated rings. The zero-order chi connectivity index (χ0) is 21.4. The van der Waals surface area contributed by atoms with Crippen molar-refractivity contribution in [2.75, 3.05) is 6.61 Å². The molecule has 5 aromatic rings. The molecule has 3 aromatic heterocycles. The van der Waals surface area contributed by atoms with Crippen LogP contribution >= 0.6 is 34.0 Å². The topological polar surface area (TPSA) is 56.5 Å². The van der Waals surface area contributed by atoms with Gasteiger partial charge in [0.15, 0.2) is 4.80 Å². The lowest BCUT2D eigenvalue weighted by atomic mass is 10.3. The van der Waals surface area contributed by atoms with Crippen LogP contribution in [0.15, 0.2) is 59.6 Å². The third-order valence-corrected chi connectivity index (χ3v) is 8.12. The minimum atomic E-state index is -0.232. The Labute approximate surface area is 190 Å². The van der Waals surface area contributed by atoms with Crippen LogP contribution in [0.3, 0.4) is 0 Å². The number of hydrogen-bond acceptors (Lipinski definition) is 6. The van der Waals surface area contributed by atoms with Gasteiger partial charge in [-0.2, -0.15) is 4.99 Å². The molecule has 0 aliphatic carbocycles. The maximum Gasteiger partial charge on any atom is 0.289 e. The molecule has 0 unspecified atom stereocenters. The number of amides is 1. The van der Waals surface area contributed by atoms with Crippen LogP contribution in [0.2, 0.25) is 0 Å². The highest BCUT2D eigenvalue weighted by Gasteiger charge is 2.15. The third-order valence-electron chi connectivity index (χ3n) is 4.80. The summed E-state index contributed by atoms with van der Waals surface area (Å²) in [5, 5.41) is 0.928. The first-order valence-corrected chi connectivity index (χ1v) is 12.4. The van der Waals surface area contributed by atoms with E-state index in [1.165, 1.54) is 22.7 Å². The molecule has 31 heavy (non-hydrogen) atoms. The molecule has 1 amide bonds. The molecule has 0 aliphatic heterocycles. The summed E-state index contributed by atoms with van der Waals surface area (Å²) in [7, 11) is 0. The van der Waals surface area contributed by atoms with Crippen molar-refractivity contribution in [3.63, 3.8) is 0 Å². The highest BCUT2D eigenvalue weighted by Crippen LogP contribution is 2.34. The van der Waals surface area contributed by atoms with E-state index in [-0.39, 0.29) is 5.91 Å². The minimum Gasteiger partial charge on any atom is -0.492 e. The van der Waals surface area contributed by atoms with Crippen molar-refractivity contribution >= 4 is 60.4 Å². The summed E-state index contributed by atoms with van der Waals surface area (Å²) in [5.41, 5.74) is 1.97. The number of aryl methyl sites for hydroxylation is 1. The second kappa shape index (κ2) is 8.37. The van der Waals surface area contributed by atoms with Crippen LogP contribution in [0.1, 0.15) is 23.5 Å². The van der Waals surface area contributed by atoms with Gasteiger partial charge in [0.25, 0.3) is 5.91 Å². The molecule has 8 heteroatoms. The molecule has 5 rings (SSSR count). The highest BCUT2D eigenvalue weighted by atomic mass is 32.1. The number of thiophene rings is 1. The maximum atomic E-state index is 13.0. The molecular formula is C23H19N3O2S3. The number of carbonyl (C=O) groups excluding carboxylic acids is 1. The minimum absolute atomic E-state index is 0.232. The number of fused-ring (bicyclic) bond motifs is 2. The smallest absolute Gasteiger partial charge is 0.289 e. The Kier molecular flexibility index (Phi) is 5.43. The molecule has 0 aliphatic rings. The van der Waals surface area contributed by atoms with Gasteiger partial charge in [0.1, 0.15) is 16.3 Å². The molecule has 0 saturated heterocycles. The van der Waals surface area contributed by atoms with Gasteiger partial charge in [-0.05, 0) is 50.2 Å². The monoisotopic (exact) mass is 465 g/mol. The summed E-state index contributed by atoms with van der Waals surface area (Å²) in [6.07, 6.45) is 0. The predicted molar refractivity (Wildman–Crippen MR) is 129 cm³/mol. The maximum absolute atomic E-state index is 13.0. The first kappa shape index (κ1) is 20.1. The molecule has 156 valence electrons. The van der Waals surface area contributed by atoms with Gasteiger partial charge >= 0.3 is 0 Å². The van der Waals surface area contributed by atoms with E-state index in [1.807, 2.05) is 60.0 Å². The van der Waals surface area contributed by atoms with Gasteiger partial charge in [-0.1, -0.05) is 29.5 Å². The summed E-state index contributed by atoms with van der Waals surface area (Å²) in [6.45, 7) is 5.32. The van der Waals surface area contributed by atoms with Crippen LogP contribution in [0.4, 0.5) is 0 Å². The molecule has 2 aromatic carbocycles. The van der Waals surface area contributed by atoms with Gasteiger partial charge in [-0.15, -0.1) is 22.7 Å². The number of benzene rings is 2. The second-order valence-electron chi connectivity index (χ2n) is 6.73. The highest BCUT2D eigenvalue weighted by molar-refractivity contribution is 7.26. The summed E-state index contributed by atoms with van der Waals surface area (Å²) < 4.78 is 10.0. The summed E-state index contributed by atoms with van der Waals surface area (Å²) in [4.78, 5) is 24.4. The Balaban J connectivity index is 1.53. The predicted octanol–water partition coefficient (Wildman–Crippen LogP) is 6.20.